The van der Waals surface area contributed by atoms with Gasteiger partial charge in [0.15, 0.2) is 0 Å². The molecule has 1 amide bonds. The lowest BCUT2D eigenvalue weighted by Gasteiger charge is -2.14. The Morgan fingerprint density at radius 3 is 2.47 bits per heavy atom. The van der Waals surface area contributed by atoms with Crippen molar-refractivity contribution in [3.8, 4) is 5.75 Å². The van der Waals surface area contributed by atoms with Gasteiger partial charge >= 0.3 is 0 Å². The average Bonchev–Trinajstić information content (AvgIpc) is 2.72. The van der Waals surface area contributed by atoms with Gasteiger partial charge in [0, 0.05) is 10.6 Å². The second-order valence-corrected chi connectivity index (χ2v) is 8.53. The van der Waals surface area contributed by atoms with Crippen LogP contribution in [0.15, 0.2) is 71.6 Å². The molecule has 3 aromatic rings. The Bertz CT molecular complexity index is 1190. The molecule has 0 heterocycles. The third kappa shape index (κ3) is 5.15. The summed E-state index contributed by atoms with van der Waals surface area (Å²) in [5.41, 5.74) is 6.10. The molecule has 156 valence electrons. The Labute approximate surface area is 184 Å². The van der Waals surface area contributed by atoms with E-state index in [2.05, 4.69) is 15.6 Å². The molecule has 3 aromatic carbocycles. The Hall–Kier alpha value is -2.94. The Morgan fingerprint density at radius 2 is 1.73 bits per heavy atom. The number of sulfonamides is 1. The molecule has 3 rings (SSSR count). The van der Waals surface area contributed by atoms with Crippen molar-refractivity contribution in [3.63, 3.8) is 0 Å². The minimum Gasteiger partial charge on any atom is -0.495 e. The quantitative estimate of drug-likeness (QED) is 0.444. The van der Waals surface area contributed by atoms with Crippen molar-refractivity contribution in [2.75, 3.05) is 17.3 Å². The molecule has 0 saturated carbocycles. The summed E-state index contributed by atoms with van der Waals surface area (Å²) >= 11 is 12.0. The second-order valence-electron chi connectivity index (χ2n) is 6.04. The Balaban J connectivity index is 1.82. The molecule has 7 nitrogen and oxygen atoms in total. The number of hydrazine groups is 1. The number of anilines is 2. The molecule has 0 radical (unpaired) electrons. The van der Waals surface area contributed by atoms with Crippen LogP contribution >= 0.6 is 23.2 Å². The van der Waals surface area contributed by atoms with Crippen LogP contribution in [-0.2, 0) is 10.0 Å². The van der Waals surface area contributed by atoms with E-state index in [0.717, 1.165) is 0 Å². The number of hydrogen-bond donors (Lipinski definition) is 3. The second kappa shape index (κ2) is 9.25. The number of nitrogens with one attached hydrogen (secondary N) is 3. The van der Waals surface area contributed by atoms with Crippen molar-refractivity contribution >= 4 is 50.5 Å². The van der Waals surface area contributed by atoms with Gasteiger partial charge in [-0.1, -0.05) is 41.4 Å². The fourth-order valence-electron chi connectivity index (χ4n) is 2.55. The van der Waals surface area contributed by atoms with Crippen LogP contribution in [0.25, 0.3) is 0 Å². The summed E-state index contributed by atoms with van der Waals surface area (Å²) in [6, 6.07) is 17.2. The predicted octanol–water partition coefficient (Wildman–Crippen LogP) is 4.56. The number of para-hydroxylation sites is 2. The monoisotopic (exact) mass is 465 g/mol. The molecule has 0 atom stereocenters. The summed E-state index contributed by atoms with van der Waals surface area (Å²) in [6.45, 7) is 0. The predicted molar refractivity (Wildman–Crippen MR) is 118 cm³/mol. The number of benzene rings is 3. The molecule has 0 aliphatic rings. The maximum atomic E-state index is 12.9. The largest absolute Gasteiger partial charge is 0.495 e. The van der Waals surface area contributed by atoms with Gasteiger partial charge in [0.2, 0.25) is 0 Å². The van der Waals surface area contributed by atoms with E-state index in [9.17, 15) is 13.2 Å². The average molecular weight is 466 g/mol. The lowest BCUT2D eigenvalue weighted by Crippen LogP contribution is -2.29. The van der Waals surface area contributed by atoms with Crippen LogP contribution < -0.4 is 20.3 Å². The first-order valence-electron chi connectivity index (χ1n) is 8.57. The number of carbonyl (C=O) groups is 1. The van der Waals surface area contributed by atoms with Crippen LogP contribution in [0.2, 0.25) is 10.0 Å². The lowest BCUT2D eigenvalue weighted by atomic mass is 10.2. The fraction of sp³-hybridized carbons (Fsp3) is 0.0500. The van der Waals surface area contributed by atoms with E-state index in [1.165, 1.54) is 25.3 Å². The van der Waals surface area contributed by atoms with E-state index in [0.29, 0.717) is 16.5 Å². The molecule has 30 heavy (non-hydrogen) atoms. The van der Waals surface area contributed by atoms with Gasteiger partial charge in [0.05, 0.1) is 23.5 Å². The maximum Gasteiger partial charge on any atom is 0.269 e. The van der Waals surface area contributed by atoms with Gasteiger partial charge in [-0.05, 0) is 48.5 Å². The zero-order valence-electron chi connectivity index (χ0n) is 15.6. The molecule has 0 saturated heterocycles. The summed E-state index contributed by atoms with van der Waals surface area (Å²) in [5, 5.41) is 0.466. The first-order chi connectivity index (χ1) is 14.3. The van der Waals surface area contributed by atoms with E-state index < -0.39 is 15.9 Å². The Kier molecular flexibility index (Phi) is 6.71. The van der Waals surface area contributed by atoms with E-state index >= 15 is 0 Å². The minimum atomic E-state index is -4.09. The molecular weight excluding hydrogens is 449 g/mol. The number of methoxy groups -OCH3 is 1. The van der Waals surface area contributed by atoms with Crippen molar-refractivity contribution in [3.05, 3.63) is 82.3 Å². The zero-order valence-corrected chi connectivity index (χ0v) is 18.0. The normalized spacial score (nSPS) is 10.9. The van der Waals surface area contributed by atoms with Gasteiger partial charge in [0.1, 0.15) is 10.6 Å². The molecule has 0 bridgehead atoms. The molecule has 0 aliphatic heterocycles. The van der Waals surface area contributed by atoms with Crippen molar-refractivity contribution in [1.29, 1.82) is 0 Å². The van der Waals surface area contributed by atoms with Gasteiger partial charge < -0.3 is 4.74 Å². The van der Waals surface area contributed by atoms with E-state index in [-0.39, 0.29) is 21.2 Å². The molecule has 0 fully saturated rings. The van der Waals surface area contributed by atoms with Crippen molar-refractivity contribution in [1.82, 2.24) is 5.43 Å². The fourth-order valence-corrected chi connectivity index (χ4v) is 4.33. The first-order valence-corrected chi connectivity index (χ1v) is 10.8. The van der Waals surface area contributed by atoms with Gasteiger partial charge in [-0.25, -0.2) is 8.42 Å². The van der Waals surface area contributed by atoms with E-state index in [1.54, 1.807) is 48.5 Å². The van der Waals surface area contributed by atoms with Crippen LogP contribution in [0, 0.1) is 0 Å². The topological polar surface area (TPSA) is 96.5 Å². The number of halogens is 2. The molecule has 3 N–H and O–H groups in total. The number of carbonyl (C=O) groups excluding carboxylic acids is 1. The van der Waals surface area contributed by atoms with Gasteiger partial charge in [0.25, 0.3) is 15.9 Å². The first kappa shape index (κ1) is 21.8. The number of amides is 1. The lowest BCUT2D eigenvalue weighted by molar-refractivity contribution is 0.0962. The third-order valence-corrected chi connectivity index (χ3v) is 6.06. The highest BCUT2D eigenvalue weighted by Crippen LogP contribution is 2.29. The highest BCUT2D eigenvalue weighted by molar-refractivity contribution is 7.92. The van der Waals surface area contributed by atoms with Crippen LogP contribution in [0.3, 0.4) is 0 Å². The molecular formula is C20H17Cl2N3O4S. The summed E-state index contributed by atoms with van der Waals surface area (Å²) in [5.74, 6) is -0.211. The minimum absolute atomic E-state index is 0.0308. The maximum absolute atomic E-state index is 12.9. The van der Waals surface area contributed by atoms with Gasteiger partial charge in [-0.2, -0.15) is 0 Å². The van der Waals surface area contributed by atoms with E-state index in [4.69, 9.17) is 27.9 Å². The van der Waals surface area contributed by atoms with Crippen LogP contribution in [0.5, 0.6) is 5.75 Å². The zero-order chi connectivity index (χ0) is 21.7. The van der Waals surface area contributed by atoms with Crippen LogP contribution in [0.4, 0.5) is 11.4 Å². The molecule has 0 spiro atoms. The highest BCUT2D eigenvalue weighted by atomic mass is 35.5. The number of hydrogen-bond acceptors (Lipinski definition) is 5. The molecule has 10 heteroatoms. The van der Waals surface area contributed by atoms with Crippen LogP contribution in [0.1, 0.15) is 10.4 Å². The number of ether oxygens (including phenoxy) is 1. The standard InChI is InChI=1S/C20H17Cl2N3O4S/c1-29-18-8-3-2-7-17(18)25-30(27,28)19-11-13(9-10-16(19)22)20(26)24-23-15-6-4-5-14(21)12-15/h2-12,23,25H,1H3,(H,24,26). The smallest absolute Gasteiger partial charge is 0.269 e. The van der Waals surface area contributed by atoms with Gasteiger partial charge in [-0.3, -0.25) is 20.4 Å². The molecule has 0 aliphatic carbocycles. The number of rotatable bonds is 7. The highest BCUT2D eigenvalue weighted by Gasteiger charge is 2.21. The van der Waals surface area contributed by atoms with Crippen molar-refractivity contribution in [2.45, 2.75) is 4.90 Å². The van der Waals surface area contributed by atoms with E-state index in [1.807, 2.05) is 0 Å². The van der Waals surface area contributed by atoms with Crippen molar-refractivity contribution in [2.24, 2.45) is 0 Å². The van der Waals surface area contributed by atoms with Crippen LogP contribution in [-0.4, -0.2) is 21.4 Å². The summed E-state index contributed by atoms with van der Waals surface area (Å²) < 4.78 is 33.3. The molecule has 0 unspecified atom stereocenters. The van der Waals surface area contributed by atoms with Gasteiger partial charge in [-0.15, -0.1) is 0 Å². The Morgan fingerprint density at radius 1 is 0.967 bits per heavy atom. The summed E-state index contributed by atoms with van der Waals surface area (Å²) in [4.78, 5) is 12.2. The third-order valence-electron chi connectivity index (χ3n) is 3.98. The molecule has 0 aromatic heterocycles. The summed E-state index contributed by atoms with van der Waals surface area (Å²) in [7, 11) is -2.66. The summed E-state index contributed by atoms with van der Waals surface area (Å²) in [6.07, 6.45) is 0. The SMILES string of the molecule is COc1ccccc1NS(=O)(=O)c1cc(C(=O)NNc2cccc(Cl)c2)ccc1Cl. The van der Waals surface area contributed by atoms with Crippen molar-refractivity contribution < 1.29 is 17.9 Å².